The van der Waals surface area contributed by atoms with E-state index in [1.165, 1.54) is 5.56 Å². The van der Waals surface area contributed by atoms with Crippen LogP contribution in [-0.4, -0.2) is 15.0 Å². The summed E-state index contributed by atoms with van der Waals surface area (Å²) in [6.45, 7) is 0. The summed E-state index contributed by atoms with van der Waals surface area (Å²) in [7, 11) is 0. The van der Waals surface area contributed by atoms with E-state index in [2.05, 4.69) is 53.5 Å². The van der Waals surface area contributed by atoms with E-state index in [9.17, 15) is 0 Å². The van der Waals surface area contributed by atoms with Crippen molar-refractivity contribution < 1.29 is 0 Å². The van der Waals surface area contributed by atoms with E-state index in [0.717, 1.165) is 39.9 Å². The van der Waals surface area contributed by atoms with E-state index < -0.39 is 0 Å². The van der Waals surface area contributed by atoms with E-state index in [1.807, 2.05) is 42.6 Å². The molecule has 4 nitrogen and oxygen atoms in total. The van der Waals surface area contributed by atoms with E-state index in [4.69, 9.17) is 15.7 Å². The van der Waals surface area contributed by atoms with Crippen LogP contribution in [0, 0.1) is 0 Å². The van der Waals surface area contributed by atoms with Crippen molar-refractivity contribution in [1.29, 1.82) is 0 Å². The fraction of sp³-hybridized carbons (Fsp3) is 0.0385. The van der Waals surface area contributed by atoms with E-state index in [1.54, 1.807) is 6.20 Å². The number of rotatable bonds is 4. The lowest BCUT2D eigenvalue weighted by Gasteiger charge is -2.14. The Morgan fingerprint density at radius 2 is 1.47 bits per heavy atom. The Hall–Kier alpha value is -4.05. The van der Waals surface area contributed by atoms with Crippen LogP contribution in [0.3, 0.4) is 0 Å². The number of nitrogens with two attached hydrogens (primary N) is 1. The first-order valence-corrected chi connectivity index (χ1v) is 9.88. The highest BCUT2D eigenvalue weighted by molar-refractivity contribution is 5.95. The van der Waals surface area contributed by atoms with Crippen molar-refractivity contribution in [3.63, 3.8) is 0 Å². The molecule has 0 aliphatic carbocycles. The number of nitrogen functional groups attached to an aromatic ring is 1. The van der Waals surface area contributed by atoms with Gasteiger partial charge in [0.05, 0.1) is 11.4 Å². The van der Waals surface area contributed by atoms with Crippen molar-refractivity contribution in [2.24, 2.45) is 0 Å². The molecule has 0 saturated carbocycles. The molecule has 2 aromatic carbocycles. The van der Waals surface area contributed by atoms with Crippen molar-refractivity contribution in [2.75, 3.05) is 5.73 Å². The summed E-state index contributed by atoms with van der Waals surface area (Å²) < 4.78 is 0. The molecule has 0 aliphatic heterocycles. The maximum atomic E-state index is 6.16. The first-order chi connectivity index (χ1) is 14.8. The van der Waals surface area contributed by atoms with Crippen molar-refractivity contribution in [3.05, 3.63) is 108 Å². The molecule has 0 bridgehead atoms. The standard InChI is InChI=1S/C26H20N4/c27-26-24-21(13-15-29-26)17-22(19-10-5-2-6-11-19)25(30-24)23-20(12-7-14-28-23)16-18-8-3-1-4-9-18/h1-15,17H,16H2,(H2,27,29). The summed E-state index contributed by atoms with van der Waals surface area (Å²) in [6, 6.07) is 28.8. The van der Waals surface area contributed by atoms with Crippen LogP contribution in [0.2, 0.25) is 0 Å². The van der Waals surface area contributed by atoms with Crippen LogP contribution in [0.4, 0.5) is 5.82 Å². The summed E-state index contributed by atoms with van der Waals surface area (Å²) >= 11 is 0. The molecule has 0 aliphatic rings. The van der Waals surface area contributed by atoms with Gasteiger partial charge in [0.2, 0.25) is 0 Å². The third-order valence-corrected chi connectivity index (χ3v) is 5.20. The van der Waals surface area contributed by atoms with E-state index in [-0.39, 0.29) is 0 Å². The number of anilines is 1. The molecule has 5 aromatic rings. The van der Waals surface area contributed by atoms with Gasteiger partial charge in [-0.25, -0.2) is 9.97 Å². The van der Waals surface area contributed by atoms with Crippen molar-refractivity contribution in [3.8, 4) is 22.5 Å². The zero-order valence-electron chi connectivity index (χ0n) is 16.4. The number of hydrogen-bond donors (Lipinski definition) is 1. The average Bonchev–Trinajstić information content (AvgIpc) is 2.80. The zero-order valence-corrected chi connectivity index (χ0v) is 16.4. The molecule has 0 fully saturated rings. The quantitative estimate of drug-likeness (QED) is 0.439. The van der Waals surface area contributed by atoms with Gasteiger partial charge in [0.15, 0.2) is 0 Å². The Morgan fingerprint density at radius 1 is 0.700 bits per heavy atom. The normalized spacial score (nSPS) is 10.9. The minimum absolute atomic E-state index is 0.425. The minimum Gasteiger partial charge on any atom is -0.382 e. The lowest BCUT2D eigenvalue weighted by atomic mass is 9.96. The Bertz CT molecular complexity index is 1320. The summed E-state index contributed by atoms with van der Waals surface area (Å²) in [5, 5.41) is 0.964. The SMILES string of the molecule is Nc1nccc2cc(-c3ccccc3)c(-c3ncccc3Cc3ccccc3)nc12. The Balaban J connectivity index is 1.75. The summed E-state index contributed by atoms with van der Waals surface area (Å²) in [5.74, 6) is 0.425. The molecule has 3 heterocycles. The molecule has 0 unspecified atom stereocenters. The average molecular weight is 388 g/mol. The second kappa shape index (κ2) is 7.76. The third kappa shape index (κ3) is 3.40. The first kappa shape index (κ1) is 18.0. The number of pyridine rings is 3. The van der Waals surface area contributed by atoms with Crippen LogP contribution in [0.1, 0.15) is 11.1 Å². The zero-order chi connectivity index (χ0) is 20.3. The maximum Gasteiger partial charge on any atom is 0.149 e. The van der Waals surface area contributed by atoms with Gasteiger partial charge in [-0.15, -0.1) is 0 Å². The van der Waals surface area contributed by atoms with Gasteiger partial charge in [0.1, 0.15) is 11.3 Å². The molecule has 30 heavy (non-hydrogen) atoms. The molecule has 0 atom stereocenters. The van der Waals surface area contributed by atoms with Gasteiger partial charge in [0, 0.05) is 23.3 Å². The van der Waals surface area contributed by atoms with Crippen LogP contribution in [0.25, 0.3) is 33.4 Å². The topological polar surface area (TPSA) is 64.7 Å². The number of fused-ring (bicyclic) bond motifs is 1. The first-order valence-electron chi connectivity index (χ1n) is 9.88. The highest BCUT2D eigenvalue weighted by Gasteiger charge is 2.17. The molecule has 3 aromatic heterocycles. The van der Waals surface area contributed by atoms with Gasteiger partial charge < -0.3 is 5.73 Å². The van der Waals surface area contributed by atoms with Crippen LogP contribution in [0.15, 0.2) is 97.3 Å². The molecule has 0 spiro atoms. The number of nitrogens with zero attached hydrogens (tertiary/aromatic N) is 3. The molecule has 0 saturated heterocycles. The highest BCUT2D eigenvalue weighted by atomic mass is 14.9. The number of benzene rings is 2. The van der Waals surface area contributed by atoms with Crippen LogP contribution in [-0.2, 0) is 6.42 Å². The molecule has 2 N–H and O–H groups in total. The Morgan fingerprint density at radius 3 is 2.27 bits per heavy atom. The van der Waals surface area contributed by atoms with Gasteiger partial charge >= 0.3 is 0 Å². The summed E-state index contributed by atoms with van der Waals surface area (Å²) in [6.07, 6.45) is 4.31. The second-order valence-corrected chi connectivity index (χ2v) is 7.19. The summed E-state index contributed by atoms with van der Waals surface area (Å²) in [5.41, 5.74) is 13.0. The molecule has 0 radical (unpaired) electrons. The van der Waals surface area contributed by atoms with Crippen molar-refractivity contribution in [1.82, 2.24) is 15.0 Å². The fourth-order valence-corrected chi connectivity index (χ4v) is 3.75. The predicted octanol–water partition coefficient (Wildman–Crippen LogP) is 5.53. The van der Waals surface area contributed by atoms with Crippen molar-refractivity contribution >= 4 is 16.7 Å². The smallest absolute Gasteiger partial charge is 0.149 e. The molecule has 144 valence electrons. The second-order valence-electron chi connectivity index (χ2n) is 7.19. The largest absolute Gasteiger partial charge is 0.382 e. The van der Waals surface area contributed by atoms with Crippen LogP contribution >= 0.6 is 0 Å². The van der Waals surface area contributed by atoms with Gasteiger partial charge in [-0.05, 0) is 41.3 Å². The predicted molar refractivity (Wildman–Crippen MR) is 122 cm³/mol. The van der Waals surface area contributed by atoms with Crippen LogP contribution < -0.4 is 5.73 Å². The number of hydrogen-bond acceptors (Lipinski definition) is 4. The fourth-order valence-electron chi connectivity index (χ4n) is 3.75. The Labute approximate surface area is 175 Å². The third-order valence-electron chi connectivity index (χ3n) is 5.20. The van der Waals surface area contributed by atoms with Gasteiger partial charge in [-0.1, -0.05) is 66.7 Å². The minimum atomic E-state index is 0.425. The lowest BCUT2D eigenvalue weighted by molar-refractivity contribution is 1.14. The molecule has 5 rings (SSSR count). The molecule has 0 amide bonds. The van der Waals surface area contributed by atoms with E-state index in [0.29, 0.717) is 11.3 Å². The molecule has 4 heteroatoms. The van der Waals surface area contributed by atoms with Gasteiger partial charge in [-0.2, -0.15) is 0 Å². The van der Waals surface area contributed by atoms with Crippen LogP contribution in [0.5, 0.6) is 0 Å². The molecular formula is C26H20N4. The van der Waals surface area contributed by atoms with Crippen molar-refractivity contribution in [2.45, 2.75) is 6.42 Å². The highest BCUT2D eigenvalue weighted by Crippen LogP contribution is 2.35. The lowest BCUT2D eigenvalue weighted by Crippen LogP contribution is -2.01. The number of aromatic nitrogens is 3. The molecular weight excluding hydrogens is 368 g/mol. The summed E-state index contributed by atoms with van der Waals surface area (Å²) in [4.78, 5) is 13.9. The monoisotopic (exact) mass is 388 g/mol. The van der Waals surface area contributed by atoms with E-state index >= 15 is 0 Å². The Kier molecular flexibility index (Phi) is 4.66. The maximum absolute atomic E-state index is 6.16. The van der Waals surface area contributed by atoms with Gasteiger partial charge in [0.25, 0.3) is 0 Å². The van der Waals surface area contributed by atoms with Gasteiger partial charge in [-0.3, -0.25) is 4.98 Å².